The van der Waals surface area contributed by atoms with Crippen molar-refractivity contribution < 1.29 is 4.79 Å². The first-order chi connectivity index (χ1) is 9.50. The Labute approximate surface area is 120 Å². The molecular formula is C17H20N2O. The van der Waals surface area contributed by atoms with Crippen molar-refractivity contribution in [3.8, 4) is 11.3 Å². The number of pyridine rings is 1. The molecule has 3 heteroatoms. The van der Waals surface area contributed by atoms with Gasteiger partial charge in [-0.25, -0.2) is 0 Å². The van der Waals surface area contributed by atoms with Gasteiger partial charge in [-0.1, -0.05) is 32.0 Å². The van der Waals surface area contributed by atoms with E-state index in [-0.39, 0.29) is 5.91 Å². The number of hydrogen-bond acceptors (Lipinski definition) is 2. The number of benzene rings is 1. The van der Waals surface area contributed by atoms with Gasteiger partial charge in [-0.15, -0.1) is 0 Å². The summed E-state index contributed by atoms with van der Waals surface area (Å²) < 4.78 is 0. The minimum Gasteiger partial charge on any atom is -0.345 e. The van der Waals surface area contributed by atoms with E-state index < -0.39 is 0 Å². The molecule has 1 aromatic heterocycles. The minimum atomic E-state index is 0.0154. The van der Waals surface area contributed by atoms with E-state index in [1.165, 1.54) is 5.56 Å². The zero-order valence-electron chi connectivity index (χ0n) is 12.4. The van der Waals surface area contributed by atoms with Gasteiger partial charge in [-0.3, -0.25) is 9.78 Å². The van der Waals surface area contributed by atoms with Crippen LogP contribution in [0.3, 0.4) is 0 Å². The maximum atomic E-state index is 11.9. The second kappa shape index (κ2) is 5.87. The molecule has 0 spiro atoms. The van der Waals surface area contributed by atoms with E-state index in [4.69, 9.17) is 0 Å². The fraction of sp³-hybridized carbons (Fsp3) is 0.294. The predicted molar refractivity (Wildman–Crippen MR) is 81.8 cm³/mol. The molecule has 0 aliphatic heterocycles. The van der Waals surface area contributed by atoms with Gasteiger partial charge in [0.15, 0.2) is 0 Å². The molecule has 0 unspecified atom stereocenters. The summed E-state index contributed by atoms with van der Waals surface area (Å²) in [5, 5.41) is 0. The first-order valence-corrected chi connectivity index (χ1v) is 6.77. The van der Waals surface area contributed by atoms with Crippen molar-refractivity contribution in [1.82, 2.24) is 9.88 Å². The molecule has 3 nitrogen and oxygen atoms in total. The van der Waals surface area contributed by atoms with E-state index in [0.29, 0.717) is 11.5 Å². The summed E-state index contributed by atoms with van der Waals surface area (Å²) in [5.74, 6) is 0.434. The number of nitrogens with zero attached hydrogens (tertiary/aromatic N) is 2. The van der Waals surface area contributed by atoms with Gasteiger partial charge in [0.1, 0.15) is 0 Å². The van der Waals surface area contributed by atoms with Crippen molar-refractivity contribution in [2.24, 2.45) is 0 Å². The van der Waals surface area contributed by atoms with Crippen LogP contribution in [-0.2, 0) is 0 Å². The topological polar surface area (TPSA) is 33.2 Å². The maximum Gasteiger partial charge on any atom is 0.253 e. The molecule has 0 radical (unpaired) electrons. The molecule has 1 amide bonds. The van der Waals surface area contributed by atoms with Crippen LogP contribution in [0.4, 0.5) is 0 Å². The lowest BCUT2D eigenvalue weighted by Gasteiger charge is -2.13. The Morgan fingerprint density at radius 1 is 1.10 bits per heavy atom. The number of rotatable bonds is 3. The predicted octanol–water partition coefficient (Wildman–Crippen LogP) is 3.57. The van der Waals surface area contributed by atoms with Gasteiger partial charge in [-0.2, -0.15) is 0 Å². The lowest BCUT2D eigenvalue weighted by molar-refractivity contribution is 0.0827. The van der Waals surface area contributed by atoms with Crippen LogP contribution < -0.4 is 0 Å². The monoisotopic (exact) mass is 268 g/mol. The summed E-state index contributed by atoms with van der Waals surface area (Å²) in [6.07, 6.45) is 1.81. The molecule has 20 heavy (non-hydrogen) atoms. The number of aromatic nitrogens is 1. The summed E-state index contributed by atoms with van der Waals surface area (Å²) in [6, 6.07) is 11.7. The summed E-state index contributed by atoms with van der Waals surface area (Å²) in [5.41, 5.74) is 3.95. The van der Waals surface area contributed by atoms with Crippen molar-refractivity contribution >= 4 is 5.91 Å². The van der Waals surface area contributed by atoms with E-state index in [0.717, 1.165) is 11.3 Å². The fourth-order valence-corrected chi connectivity index (χ4v) is 2.15. The molecule has 0 saturated carbocycles. The lowest BCUT2D eigenvalue weighted by atomic mass is 9.96. The molecule has 1 heterocycles. The van der Waals surface area contributed by atoms with Gasteiger partial charge in [-0.05, 0) is 29.7 Å². The molecule has 104 valence electrons. The van der Waals surface area contributed by atoms with Gasteiger partial charge in [0, 0.05) is 31.4 Å². The average molecular weight is 268 g/mol. The Bertz CT molecular complexity index is 601. The van der Waals surface area contributed by atoms with Crippen LogP contribution in [-0.4, -0.2) is 29.9 Å². The number of amides is 1. The van der Waals surface area contributed by atoms with Crippen LogP contribution >= 0.6 is 0 Å². The van der Waals surface area contributed by atoms with Crippen LogP contribution in [0.5, 0.6) is 0 Å². The highest BCUT2D eigenvalue weighted by Crippen LogP contribution is 2.27. The van der Waals surface area contributed by atoms with Crippen LogP contribution in [0.15, 0.2) is 42.6 Å². The second-order valence-electron chi connectivity index (χ2n) is 5.37. The van der Waals surface area contributed by atoms with Crippen LogP contribution in [0.25, 0.3) is 11.3 Å². The van der Waals surface area contributed by atoms with E-state index in [9.17, 15) is 4.79 Å². The third-order valence-electron chi connectivity index (χ3n) is 3.27. The Kier molecular flexibility index (Phi) is 4.18. The standard InChI is InChI=1S/C17H20N2O/c1-12(2)15-6-5-11-18-16(15)13-7-9-14(10-8-13)17(20)19(3)4/h5-12H,1-4H3. The third kappa shape index (κ3) is 2.87. The van der Waals surface area contributed by atoms with Gasteiger partial charge in [0.2, 0.25) is 0 Å². The summed E-state index contributed by atoms with van der Waals surface area (Å²) in [7, 11) is 3.51. The minimum absolute atomic E-state index is 0.0154. The summed E-state index contributed by atoms with van der Waals surface area (Å²) in [6.45, 7) is 4.31. The average Bonchev–Trinajstić information content (AvgIpc) is 2.46. The highest BCUT2D eigenvalue weighted by molar-refractivity contribution is 5.94. The van der Waals surface area contributed by atoms with E-state index >= 15 is 0 Å². The molecule has 0 aliphatic rings. The van der Waals surface area contributed by atoms with Crippen molar-refractivity contribution in [2.45, 2.75) is 19.8 Å². The van der Waals surface area contributed by atoms with Crippen LogP contribution in [0.2, 0.25) is 0 Å². The van der Waals surface area contributed by atoms with Crippen molar-refractivity contribution in [3.05, 3.63) is 53.7 Å². The van der Waals surface area contributed by atoms with Gasteiger partial charge < -0.3 is 4.90 Å². The quantitative estimate of drug-likeness (QED) is 0.852. The molecule has 0 saturated heterocycles. The summed E-state index contributed by atoms with van der Waals surface area (Å²) in [4.78, 5) is 17.9. The fourth-order valence-electron chi connectivity index (χ4n) is 2.15. The third-order valence-corrected chi connectivity index (χ3v) is 3.27. The first kappa shape index (κ1) is 14.3. The Morgan fingerprint density at radius 2 is 1.75 bits per heavy atom. The first-order valence-electron chi connectivity index (χ1n) is 6.77. The van der Waals surface area contributed by atoms with E-state index in [1.54, 1.807) is 25.2 Å². The van der Waals surface area contributed by atoms with Crippen LogP contribution in [0.1, 0.15) is 35.7 Å². The second-order valence-corrected chi connectivity index (χ2v) is 5.37. The molecule has 1 aromatic carbocycles. The SMILES string of the molecule is CC(C)c1cccnc1-c1ccc(C(=O)N(C)C)cc1. The van der Waals surface area contributed by atoms with E-state index in [1.807, 2.05) is 30.3 Å². The van der Waals surface area contributed by atoms with Crippen molar-refractivity contribution in [1.29, 1.82) is 0 Å². The molecule has 2 aromatic rings. The number of hydrogen-bond donors (Lipinski definition) is 0. The molecular weight excluding hydrogens is 248 g/mol. The van der Waals surface area contributed by atoms with Crippen molar-refractivity contribution in [3.63, 3.8) is 0 Å². The highest BCUT2D eigenvalue weighted by Gasteiger charge is 2.11. The number of carbonyl (C=O) groups excluding carboxylic acids is 1. The summed E-state index contributed by atoms with van der Waals surface area (Å²) >= 11 is 0. The molecule has 0 bridgehead atoms. The molecule has 2 rings (SSSR count). The largest absolute Gasteiger partial charge is 0.345 e. The van der Waals surface area contributed by atoms with Crippen molar-refractivity contribution in [2.75, 3.05) is 14.1 Å². The van der Waals surface area contributed by atoms with Crippen LogP contribution in [0, 0.1) is 0 Å². The zero-order chi connectivity index (χ0) is 14.7. The highest BCUT2D eigenvalue weighted by atomic mass is 16.2. The van der Waals surface area contributed by atoms with Gasteiger partial charge >= 0.3 is 0 Å². The van der Waals surface area contributed by atoms with E-state index in [2.05, 4.69) is 24.9 Å². The number of carbonyl (C=O) groups is 1. The van der Waals surface area contributed by atoms with Gasteiger partial charge in [0.05, 0.1) is 5.69 Å². The zero-order valence-corrected chi connectivity index (χ0v) is 12.4. The normalized spacial score (nSPS) is 10.7. The van der Waals surface area contributed by atoms with Gasteiger partial charge in [0.25, 0.3) is 5.91 Å². The molecule has 0 aliphatic carbocycles. The Hall–Kier alpha value is -2.16. The Balaban J connectivity index is 2.38. The smallest absolute Gasteiger partial charge is 0.253 e. The molecule has 0 fully saturated rings. The molecule has 0 N–H and O–H groups in total. The maximum absolute atomic E-state index is 11.9. The lowest BCUT2D eigenvalue weighted by Crippen LogP contribution is -2.21. The Morgan fingerprint density at radius 3 is 2.30 bits per heavy atom. The molecule has 0 atom stereocenters.